The molecule has 1 amide bonds. The van der Waals surface area contributed by atoms with Crippen molar-refractivity contribution in [1.29, 1.82) is 5.26 Å². The van der Waals surface area contributed by atoms with Crippen LogP contribution in [0.4, 0.5) is 13.8 Å². The summed E-state index contributed by atoms with van der Waals surface area (Å²) in [5.74, 6) is -0.605. The zero-order valence-electron chi connectivity index (χ0n) is 16.4. The number of aromatic nitrogens is 3. The maximum atomic E-state index is 14.1. The topological polar surface area (TPSA) is 83.1 Å². The van der Waals surface area contributed by atoms with Crippen molar-refractivity contribution in [3.8, 4) is 16.6 Å². The second-order valence-electron chi connectivity index (χ2n) is 7.28. The predicted octanol–water partition coefficient (Wildman–Crippen LogP) is 5.81. The lowest BCUT2D eigenvalue weighted by molar-refractivity contribution is 0.0869. The molecular formula is C21H14ClF2N5OS2. The van der Waals surface area contributed by atoms with Crippen molar-refractivity contribution in [3.05, 3.63) is 57.0 Å². The van der Waals surface area contributed by atoms with Gasteiger partial charge < -0.3 is 5.32 Å². The van der Waals surface area contributed by atoms with E-state index in [9.17, 15) is 18.8 Å². The van der Waals surface area contributed by atoms with E-state index >= 15 is 0 Å². The van der Waals surface area contributed by atoms with E-state index in [0.29, 0.717) is 21.1 Å². The van der Waals surface area contributed by atoms with Gasteiger partial charge in [0.2, 0.25) is 0 Å². The monoisotopic (exact) mass is 489 g/mol. The third-order valence-electron chi connectivity index (χ3n) is 5.23. The normalized spacial score (nSPS) is 13.7. The van der Waals surface area contributed by atoms with Gasteiger partial charge in [-0.2, -0.15) is 19.1 Å². The number of carbonyl (C=O) groups is 1. The minimum atomic E-state index is -3.71. The van der Waals surface area contributed by atoms with E-state index in [2.05, 4.69) is 21.5 Å². The van der Waals surface area contributed by atoms with Crippen LogP contribution in [0.25, 0.3) is 16.2 Å². The summed E-state index contributed by atoms with van der Waals surface area (Å²) in [5, 5.41) is 14.9. The number of thiophene rings is 2. The van der Waals surface area contributed by atoms with Crippen molar-refractivity contribution >= 4 is 50.8 Å². The summed E-state index contributed by atoms with van der Waals surface area (Å²) in [5.41, 5.74) is 1.15. The molecule has 0 bridgehead atoms. The number of aryl methyl sites for hydroxylation is 1. The molecular weight excluding hydrogens is 476 g/mol. The lowest BCUT2D eigenvalue weighted by atomic mass is 9.96. The first kappa shape index (κ1) is 21.0. The maximum Gasteiger partial charge on any atom is 0.364 e. The number of alkyl halides is 3. The molecule has 1 aliphatic carbocycles. The number of halogens is 3. The first-order valence-corrected chi connectivity index (χ1v) is 11.8. The quantitative estimate of drug-likeness (QED) is 0.367. The van der Waals surface area contributed by atoms with Crippen LogP contribution in [0.15, 0.2) is 29.6 Å². The first-order chi connectivity index (χ1) is 15.3. The van der Waals surface area contributed by atoms with Gasteiger partial charge in [-0.1, -0.05) is 6.07 Å². The molecule has 0 spiro atoms. The second kappa shape index (κ2) is 7.92. The van der Waals surface area contributed by atoms with Crippen molar-refractivity contribution in [2.75, 3.05) is 5.32 Å². The van der Waals surface area contributed by atoms with Crippen molar-refractivity contribution < 1.29 is 13.6 Å². The number of carbonyl (C=O) groups excluding carboxylic acids is 1. The summed E-state index contributed by atoms with van der Waals surface area (Å²) in [6.07, 6.45) is 3.74. The number of hydrogen-bond donors (Lipinski definition) is 1. The number of hydrogen-bond acceptors (Lipinski definition) is 6. The molecule has 6 nitrogen and oxygen atoms in total. The lowest BCUT2D eigenvalue weighted by Crippen LogP contribution is -2.15. The zero-order valence-corrected chi connectivity index (χ0v) is 18.8. The molecule has 4 aromatic heterocycles. The van der Waals surface area contributed by atoms with E-state index in [-0.39, 0.29) is 11.3 Å². The lowest BCUT2D eigenvalue weighted by Gasteiger charge is -2.11. The Hall–Kier alpha value is -2.87. The van der Waals surface area contributed by atoms with Crippen molar-refractivity contribution in [2.24, 2.45) is 0 Å². The van der Waals surface area contributed by atoms with Gasteiger partial charge in [0.05, 0.1) is 16.1 Å². The van der Waals surface area contributed by atoms with E-state index in [0.717, 1.165) is 40.6 Å². The fourth-order valence-electron chi connectivity index (χ4n) is 3.78. The number of nitriles is 1. The van der Waals surface area contributed by atoms with Gasteiger partial charge in [0, 0.05) is 10.9 Å². The summed E-state index contributed by atoms with van der Waals surface area (Å²) < 4.78 is 29.2. The van der Waals surface area contributed by atoms with Crippen LogP contribution in [0.1, 0.15) is 45.0 Å². The Morgan fingerprint density at radius 3 is 2.84 bits per heavy atom. The molecule has 0 saturated carbocycles. The highest BCUT2D eigenvalue weighted by atomic mass is 35.5. The van der Waals surface area contributed by atoms with E-state index < -0.39 is 17.0 Å². The Morgan fingerprint density at radius 2 is 2.12 bits per heavy atom. The zero-order chi connectivity index (χ0) is 22.5. The van der Waals surface area contributed by atoms with E-state index in [1.165, 1.54) is 34.8 Å². The Kier molecular flexibility index (Phi) is 5.20. The molecule has 1 N–H and O–H groups in total. The summed E-state index contributed by atoms with van der Waals surface area (Å²) in [6, 6.07) is 8.22. The largest absolute Gasteiger partial charge is 0.364 e. The molecule has 0 atom stereocenters. The van der Waals surface area contributed by atoms with Crippen molar-refractivity contribution in [2.45, 2.75) is 31.1 Å². The van der Waals surface area contributed by atoms with Crippen LogP contribution in [0.5, 0.6) is 0 Å². The molecule has 0 radical (unpaired) electrons. The molecule has 4 aromatic rings. The standard InChI is InChI=1S/C21H14ClF2N5OS2/c22-21(23,24)17-8-13(16-6-3-7-31-16)26-18-9-14(28-29(17)18)19(30)27-20-12(10-25)11-4-1-2-5-15(11)32-20/h3,6-9H,1-2,4-5H2,(H,27,30). The Morgan fingerprint density at radius 1 is 1.31 bits per heavy atom. The smallest absolute Gasteiger partial charge is 0.311 e. The second-order valence-corrected chi connectivity index (χ2v) is 9.81. The van der Waals surface area contributed by atoms with Crippen LogP contribution in [0, 0.1) is 11.3 Å². The van der Waals surface area contributed by atoms with Crippen LogP contribution in [-0.4, -0.2) is 20.5 Å². The molecule has 5 rings (SSSR count). The van der Waals surface area contributed by atoms with Crippen LogP contribution < -0.4 is 5.32 Å². The van der Waals surface area contributed by atoms with E-state index in [1.54, 1.807) is 12.1 Å². The highest BCUT2D eigenvalue weighted by molar-refractivity contribution is 7.16. The summed E-state index contributed by atoms with van der Waals surface area (Å²) >= 11 is 8.06. The minimum absolute atomic E-state index is 0.0716. The van der Waals surface area contributed by atoms with Gasteiger partial charge in [-0.05, 0) is 60.4 Å². The molecule has 32 heavy (non-hydrogen) atoms. The number of amides is 1. The van der Waals surface area contributed by atoms with Gasteiger partial charge in [0.15, 0.2) is 11.3 Å². The molecule has 1 aliphatic rings. The van der Waals surface area contributed by atoms with Gasteiger partial charge in [-0.25, -0.2) is 9.50 Å². The van der Waals surface area contributed by atoms with Crippen LogP contribution in [-0.2, 0) is 18.2 Å². The van der Waals surface area contributed by atoms with Crippen molar-refractivity contribution in [1.82, 2.24) is 14.6 Å². The molecule has 0 unspecified atom stereocenters. The fraction of sp³-hybridized carbons (Fsp3) is 0.238. The average molecular weight is 490 g/mol. The van der Waals surface area contributed by atoms with E-state index in [1.807, 2.05) is 5.38 Å². The van der Waals surface area contributed by atoms with Crippen LogP contribution in [0.3, 0.4) is 0 Å². The number of rotatable bonds is 4. The molecule has 11 heteroatoms. The first-order valence-electron chi connectivity index (χ1n) is 9.73. The fourth-order valence-corrected chi connectivity index (χ4v) is 5.83. The van der Waals surface area contributed by atoms with Gasteiger partial charge in [-0.15, -0.1) is 22.7 Å². The third kappa shape index (κ3) is 3.66. The number of anilines is 1. The Bertz CT molecular complexity index is 1380. The summed E-state index contributed by atoms with van der Waals surface area (Å²) in [4.78, 5) is 19.1. The number of fused-ring (bicyclic) bond motifs is 2. The molecule has 0 aliphatic heterocycles. The third-order valence-corrected chi connectivity index (χ3v) is 7.53. The molecule has 4 heterocycles. The average Bonchev–Trinajstić information content (AvgIpc) is 3.49. The molecule has 0 fully saturated rings. The van der Waals surface area contributed by atoms with Crippen molar-refractivity contribution in [3.63, 3.8) is 0 Å². The highest BCUT2D eigenvalue weighted by Gasteiger charge is 2.33. The predicted molar refractivity (Wildman–Crippen MR) is 120 cm³/mol. The van der Waals surface area contributed by atoms with E-state index in [4.69, 9.17) is 11.6 Å². The number of nitrogens with one attached hydrogen (secondary N) is 1. The summed E-state index contributed by atoms with van der Waals surface area (Å²) in [6.45, 7) is 0. The van der Waals surface area contributed by atoms with Gasteiger partial charge in [0.25, 0.3) is 5.91 Å². The Balaban J connectivity index is 1.55. The molecule has 0 saturated heterocycles. The minimum Gasteiger partial charge on any atom is -0.311 e. The molecule has 162 valence electrons. The maximum absolute atomic E-state index is 14.1. The number of nitrogens with zero attached hydrogens (tertiary/aromatic N) is 4. The SMILES string of the molecule is N#Cc1c(NC(=O)c2cc3nc(-c4cccs4)cc(C(F)(F)Cl)n3n2)sc2c1CCCC2. The Labute approximate surface area is 194 Å². The molecule has 0 aromatic carbocycles. The van der Waals surface area contributed by atoms with Gasteiger partial charge in [0.1, 0.15) is 16.8 Å². The van der Waals surface area contributed by atoms with Gasteiger partial charge in [-0.3, -0.25) is 4.79 Å². The van der Waals surface area contributed by atoms with Gasteiger partial charge >= 0.3 is 5.38 Å². The van der Waals surface area contributed by atoms with Crippen LogP contribution in [0.2, 0.25) is 0 Å². The van der Waals surface area contributed by atoms with Crippen LogP contribution >= 0.6 is 34.3 Å². The highest BCUT2D eigenvalue weighted by Crippen LogP contribution is 2.38. The summed E-state index contributed by atoms with van der Waals surface area (Å²) in [7, 11) is 0.